The molecule has 1 aromatic carbocycles. The summed E-state index contributed by atoms with van der Waals surface area (Å²) in [6, 6.07) is 4.62. The highest BCUT2D eigenvalue weighted by Gasteiger charge is 2.03. The number of carbonyl (C=O) groups is 1. The predicted octanol–water partition coefficient (Wildman–Crippen LogP) is 3.61. The summed E-state index contributed by atoms with van der Waals surface area (Å²) >= 11 is 3.16. The predicted molar refractivity (Wildman–Crippen MR) is 65.7 cm³/mol. The van der Waals surface area contributed by atoms with E-state index < -0.39 is 11.8 Å². The van der Waals surface area contributed by atoms with Gasteiger partial charge < -0.3 is 9.84 Å². The van der Waals surface area contributed by atoms with Crippen molar-refractivity contribution in [2.45, 2.75) is 25.7 Å². The van der Waals surface area contributed by atoms with Crippen LogP contribution in [0.25, 0.3) is 0 Å². The van der Waals surface area contributed by atoms with Crippen LogP contribution in [0.15, 0.2) is 22.7 Å². The van der Waals surface area contributed by atoms with Gasteiger partial charge in [0.2, 0.25) is 0 Å². The Kier molecular flexibility index (Phi) is 5.97. The van der Waals surface area contributed by atoms with Crippen molar-refractivity contribution < 1.29 is 19.0 Å². The number of carboxylic acid groups (broad SMARTS) is 1. The summed E-state index contributed by atoms with van der Waals surface area (Å²) < 4.78 is 19.2. The van der Waals surface area contributed by atoms with Crippen molar-refractivity contribution in [2.24, 2.45) is 0 Å². The summed E-state index contributed by atoms with van der Waals surface area (Å²) in [4.78, 5) is 10.2. The van der Waals surface area contributed by atoms with Gasteiger partial charge in [0, 0.05) is 10.9 Å². The average Bonchev–Trinajstić information content (AvgIpc) is 2.25. The minimum absolute atomic E-state index is 0.173. The summed E-state index contributed by atoms with van der Waals surface area (Å²) in [7, 11) is 0. The number of aliphatic carboxylic acids is 1. The lowest BCUT2D eigenvalue weighted by atomic mass is 10.2. The number of unbranched alkanes of at least 4 members (excludes halogenated alkanes) is 2. The second-order valence-electron chi connectivity index (χ2n) is 3.63. The van der Waals surface area contributed by atoms with Crippen molar-refractivity contribution in [3.05, 3.63) is 28.5 Å². The molecule has 1 N–H and O–H groups in total. The Morgan fingerprint density at radius 3 is 2.76 bits per heavy atom. The first-order valence-corrected chi connectivity index (χ1v) is 6.18. The van der Waals surface area contributed by atoms with E-state index in [-0.39, 0.29) is 12.2 Å². The van der Waals surface area contributed by atoms with E-state index in [4.69, 9.17) is 9.84 Å². The van der Waals surface area contributed by atoms with Crippen LogP contribution >= 0.6 is 15.9 Å². The molecule has 94 valence electrons. The Bertz CT molecular complexity index is 382. The first-order chi connectivity index (χ1) is 8.09. The fraction of sp³-hybridized carbons (Fsp3) is 0.417. The second kappa shape index (κ2) is 7.27. The minimum Gasteiger partial charge on any atom is -0.491 e. The third-order valence-electron chi connectivity index (χ3n) is 2.19. The van der Waals surface area contributed by atoms with Crippen LogP contribution in [0, 0.1) is 5.82 Å². The van der Waals surface area contributed by atoms with Crippen LogP contribution in [0.3, 0.4) is 0 Å². The molecule has 5 heteroatoms. The van der Waals surface area contributed by atoms with Crippen molar-refractivity contribution >= 4 is 21.9 Å². The Balaban J connectivity index is 2.20. The van der Waals surface area contributed by atoms with E-state index in [0.717, 1.165) is 12.8 Å². The number of ether oxygens (including phenoxy) is 1. The Morgan fingerprint density at radius 1 is 1.35 bits per heavy atom. The van der Waals surface area contributed by atoms with Crippen LogP contribution in [0.5, 0.6) is 5.75 Å². The number of hydrogen-bond acceptors (Lipinski definition) is 2. The van der Waals surface area contributed by atoms with E-state index >= 15 is 0 Å². The maximum atomic E-state index is 13.3. The van der Waals surface area contributed by atoms with Crippen molar-refractivity contribution in [1.82, 2.24) is 0 Å². The number of halogens is 2. The summed E-state index contributed by atoms with van der Waals surface area (Å²) in [6.07, 6.45) is 2.29. The maximum absolute atomic E-state index is 13.3. The van der Waals surface area contributed by atoms with Crippen molar-refractivity contribution in [3.8, 4) is 5.75 Å². The average molecular weight is 305 g/mol. The van der Waals surface area contributed by atoms with Gasteiger partial charge in [-0.2, -0.15) is 0 Å². The number of benzene rings is 1. The summed E-state index contributed by atoms with van der Waals surface area (Å²) in [6.45, 7) is 0.401. The molecule has 3 nitrogen and oxygen atoms in total. The molecule has 0 aliphatic carbocycles. The third kappa shape index (κ3) is 5.68. The molecule has 0 saturated heterocycles. The van der Waals surface area contributed by atoms with Crippen molar-refractivity contribution in [1.29, 1.82) is 0 Å². The van der Waals surface area contributed by atoms with Gasteiger partial charge in [0.15, 0.2) is 11.6 Å². The summed E-state index contributed by atoms with van der Waals surface area (Å²) in [5.74, 6) is -0.957. The second-order valence-corrected chi connectivity index (χ2v) is 4.54. The molecule has 1 aromatic rings. The molecular formula is C12H14BrFO3. The standard InChI is InChI=1S/C12H14BrFO3/c13-9-5-6-11(10(14)8-9)17-7-3-1-2-4-12(15)16/h5-6,8H,1-4,7H2,(H,15,16). The van der Waals surface area contributed by atoms with Gasteiger partial charge in [-0.05, 0) is 37.5 Å². The van der Waals surface area contributed by atoms with E-state index in [1.165, 1.54) is 6.07 Å². The molecule has 0 unspecified atom stereocenters. The van der Waals surface area contributed by atoms with Crippen molar-refractivity contribution in [2.75, 3.05) is 6.61 Å². The highest BCUT2D eigenvalue weighted by atomic mass is 79.9. The fourth-order valence-electron chi connectivity index (χ4n) is 1.33. The van der Waals surface area contributed by atoms with Gasteiger partial charge in [0.1, 0.15) is 0 Å². The van der Waals surface area contributed by atoms with Gasteiger partial charge >= 0.3 is 5.97 Å². The zero-order chi connectivity index (χ0) is 12.7. The first kappa shape index (κ1) is 14.0. The molecule has 0 bridgehead atoms. The van der Waals surface area contributed by atoms with E-state index in [0.29, 0.717) is 17.5 Å². The van der Waals surface area contributed by atoms with Gasteiger partial charge in [-0.15, -0.1) is 0 Å². The monoisotopic (exact) mass is 304 g/mol. The zero-order valence-electron chi connectivity index (χ0n) is 9.29. The molecule has 0 aliphatic rings. The molecule has 1 rings (SSSR count). The Hall–Kier alpha value is -1.10. The quantitative estimate of drug-likeness (QED) is 0.783. The lowest BCUT2D eigenvalue weighted by molar-refractivity contribution is -0.137. The van der Waals surface area contributed by atoms with Crippen LogP contribution in [0.1, 0.15) is 25.7 Å². The molecule has 0 radical (unpaired) electrons. The summed E-state index contributed by atoms with van der Waals surface area (Å²) in [5, 5.41) is 8.43. The van der Waals surface area contributed by atoms with Crippen LogP contribution in [0.2, 0.25) is 0 Å². The van der Waals surface area contributed by atoms with E-state index in [9.17, 15) is 9.18 Å². The summed E-state index contributed by atoms with van der Waals surface area (Å²) in [5.41, 5.74) is 0. The number of carboxylic acids is 1. The topological polar surface area (TPSA) is 46.5 Å². The molecule has 0 amide bonds. The number of hydrogen-bond donors (Lipinski definition) is 1. The number of rotatable bonds is 7. The molecule has 0 aromatic heterocycles. The molecule has 0 aliphatic heterocycles. The lowest BCUT2D eigenvalue weighted by Crippen LogP contribution is -2.00. The molecule has 0 heterocycles. The third-order valence-corrected chi connectivity index (χ3v) is 2.68. The highest BCUT2D eigenvalue weighted by Crippen LogP contribution is 2.21. The highest BCUT2D eigenvalue weighted by molar-refractivity contribution is 9.10. The van der Waals surface area contributed by atoms with Crippen LogP contribution in [-0.4, -0.2) is 17.7 Å². The smallest absolute Gasteiger partial charge is 0.303 e. The Labute approximate surface area is 108 Å². The van der Waals surface area contributed by atoms with Gasteiger partial charge in [-0.1, -0.05) is 15.9 Å². The zero-order valence-corrected chi connectivity index (χ0v) is 10.9. The SMILES string of the molecule is O=C(O)CCCCCOc1ccc(Br)cc1F. The molecule has 0 atom stereocenters. The van der Waals surface area contributed by atoms with Gasteiger partial charge in [-0.25, -0.2) is 4.39 Å². The first-order valence-electron chi connectivity index (χ1n) is 5.39. The Morgan fingerprint density at radius 2 is 2.12 bits per heavy atom. The molecule has 0 fully saturated rings. The van der Waals surface area contributed by atoms with Crippen LogP contribution in [0.4, 0.5) is 4.39 Å². The van der Waals surface area contributed by atoms with Gasteiger partial charge in [-0.3, -0.25) is 4.79 Å². The maximum Gasteiger partial charge on any atom is 0.303 e. The molecule has 17 heavy (non-hydrogen) atoms. The van der Waals surface area contributed by atoms with E-state index in [1.807, 2.05) is 0 Å². The lowest BCUT2D eigenvalue weighted by Gasteiger charge is -2.06. The van der Waals surface area contributed by atoms with Crippen molar-refractivity contribution in [3.63, 3.8) is 0 Å². The molecular weight excluding hydrogens is 291 g/mol. The van der Waals surface area contributed by atoms with Gasteiger partial charge in [0.25, 0.3) is 0 Å². The fourth-order valence-corrected chi connectivity index (χ4v) is 1.66. The molecule has 0 saturated carbocycles. The normalized spacial score (nSPS) is 10.2. The van der Waals surface area contributed by atoms with E-state index in [2.05, 4.69) is 15.9 Å². The van der Waals surface area contributed by atoms with Crippen LogP contribution < -0.4 is 4.74 Å². The van der Waals surface area contributed by atoms with Gasteiger partial charge in [0.05, 0.1) is 6.61 Å². The minimum atomic E-state index is -0.787. The largest absolute Gasteiger partial charge is 0.491 e. The van der Waals surface area contributed by atoms with Crippen LogP contribution in [-0.2, 0) is 4.79 Å². The van der Waals surface area contributed by atoms with E-state index in [1.54, 1.807) is 12.1 Å². The molecule has 0 spiro atoms.